The molecule has 6 heteroatoms. The highest BCUT2D eigenvalue weighted by molar-refractivity contribution is 7.09. The summed E-state index contributed by atoms with van der Waals surface area (Å²) in [6, 6.07) is 2.85. The van der Waals surface area contributed by atoms with E-state index < -0.39 is 0 Å². The summed E-state index contributed by atoms with van der Waals surface area (Å²) >= 11 is 1.56. The Morgan fingerprint density at radius 3 is 3.12 bits per heavy atom. The van der Waals surface area contributed by atoms with E-state index in [0.29, 0.717) is 18.5 Å². The number of thiazole rings is 1. The number of amides is 1. The van der Waals surface area contributed by atoms with Gasteiger partial charge < -0.3 is 10.3 Å². The molecule has 0 aliphatic rings. The van der Waals surface area contributed by atoms with Gasteiger partial charge in [0.05, 0.1) is 5.01 Å². The number of aromatic nitrogens is 2. The number of carbonyl (C=O) groups excluding carboxylic acids is 1. The van der Waals surface area contributed by atoms with E-state index in [-0.39, 0.29) is 11.5 Å². The number of H-pyrrole nitrogens is 1. The van der Waals surface area contributed by atoms with Gasteiger partial charge in [-0.25, -0.2) is 4.98 Å². The monoisotopic (exact) mass is 249 g/mol. The van der Waals surface area contributed by atoms with Crippen molar-refractivity contribution in [2.24, 2.45) is 0 Å². The molecule has 1 amide bonds. The molecule has 0 aliphatic carbocycles. The predicted molar refractivity (Wildman–Crippen MR) is 65.2 cm³/mol. The summed E-state index contributed by atoms with van der Waals surface area (Å²) in [5, 5.41) is 5.62. The molecule has 2 heterocycles. The summed E-state index contributed by atoms with van der Waals surface area (Å²) < 4.78 is 0. The fraction of sp³-hybridized carbons (Fsp3) is 0.182. The van der Waals surface area contributed by atoms with Gasteiger partial charge in [0.1, 0.15) is 0 Å². The van der Waals surface area contributed by atoms with E-state index in [9.17, 15) is 9.59 Å². The van der Waals surface area contributed by atoms with Crippen LogP contribution in [0, 0.1) is 0 Å². The third kappa shape index (κ3) is 3.25. The number of aromatic amines is 1. The summed E-state index contributed by atoms with van der Waals surface area (Å²) in [7, 11) is 0. The predicted octanol–water partition coefficient (Wildman–Crippen LogP) is 0.804. The molecule has 0 unspecified atom stereocenters. The third-order valence-electron chi connectivity index (χ3n) is 2.15. The molecule has 88 valence electrons. The number of rotatable bonds is 4. The van der Waals surface area contributed by atoms with Crippen LogP contribution in [-0.2, 0) is 6.42 Å². The van der Waals surface area contributed by atoms with Crippen LogP contribution in [0.2, 0.25) is 0 Å². The van der Waals surface area contributed by atoms with E-state index in [1.54, 1.807) is 23.6 Å². The molecule has 0 aromatic carbocycles. The van der Waals surface area contributed by atoms with Crippen LogP contribution in [0.4, 0.5) is 0 Å². The lowest BCUT2D eigenvalue weighted by molar-refractivity contribution is 0.0954. The van der Waals surface area contributed by atoms with E-state index in [1.807, 2.05) is 5.38 Å². The number of nitrogens with zero attached hydrogens (tertiary/aromatic N) is 1. The van der Waals surface area contributed by atoms with Crippen molar-refractivity contribution < 1.29 is 4.79 Å². The van der Waals surface area contributed by atoms with E-state index in [4.69, 9.17) is 0 Å². The fourth-order valence-corrected chi connectivity index (χ4v) is 1.97. The topological polar surface area (TPSA) is 74.8 Å². The van der Waals surface area contributed by atoms with Crippen molar-refractivity contribution in [3.63, 3.8) is 0 Å². The quantitative estimate of drug-likeness (QED) is 0.841. The van der Waals surface area contributed by atoms with Gasteiger partial charge in [0.25, 0.3) is 5.91 Å². The van der Waals surface area contributed by atoms with Crippen molar-refractivity contribution in [1.82, 2.24) is 15.3 Å². The number of carbonyl (C=O) groups is 1. The second-order valence-electron chi connectivity index (χ2n) is 3.37. The normalized spacial score (nSPS) is 10.1. The molecule has 0 saturated heterocycles. The van der Waals surface area contributed by atoms with Crippen molar-refractivity contribution in [1.29, 1.82) is 0 Å². The lowest BCUT2D eigenvalue weighted by atomic mass is 10.2. The first-order valence-corrected chi connectivity index (χ1v) is 5.99. The van der Waals surface area contributed by atoms with Gasteiger partial charge in [-0.2, -0.15) is 0 Å². The van der Waals surface area contributed by atoms with Gasteiger partial charge in [0, 0.05) is 42.4 Å². The van der Waals surface area contributed by atoms with Crippen LogP contribution in [0.15, 0.2) is 34.7 Å². The SMILES string of the molecule is O=C(NCCc1nccs1)c1cc[nH]c(=O)c1. The zero-order chi connectivity index (χ0) is 12.1. The first kappa shape index (κ1) is 11.5. The smallest absolute Gasteiger partial charge is 0.251 e. The summed E-state index contributed by atoms with van der Waals surface area (Å²) in [5.74, 6) is -0.243. The molecule has 2 aromatic heterocycles. The zero-order valence-electron chi connectivity index (χ0n) is 8.97. The maximum absolute atomic E-state index is 11.6. The first-order valence-electron chi connectivity index (χ1n) is 5.11. The Labute approximate surface area is 102 Å². The molecule has 2 rings (SSSR count). The van der Waals surface area contributed by atoms with Crippen LogP contribution in [0.1, 0.15) is 15.4 Å². The molecule has 0 spiro atoms. The average molecular weight is 249 g/mol. The minimum absolute atomic E-state index is 0.243. The Morgan fingerprint density at radius 1 is 1.53 bits per heavy atom. The lowest BCUT2D eigenvalue weighted by Gasteiger charge is -2.02. The summed E-state index contributed by atoms with van der Waals surface area (Å²) in [6.07, 6.45) is 3.89. The van der Waals surface area contributed by atoms with Crippen LogP contribution in [0.3, 0.4) is 0 Å². The maximum atomic E-state index is 11.6. The number of pyridine rings is 1. The third-order valence-corrected chi connectivity index (χ3v) is 2.98. The van der Waals surface area contributed by atoms with Crippen molar-refractivity contribution in [3.05, 3.63) is 50.8 Å². The molecule has 5 nitrogen and oxygen atoms in total. The molecule has 17 heavy (non-hydrogen) atoms. The van der Waals surface area contributed by atoms with Gasteiger partial charge in [-0.05, 0) is 6.07 Å². The standard InChI is InChI=1S/C11H11N3O2S/c15-9-7-8(1-3-12-9)11(16)14-4-2-10-13-5-6-17-10/h1,3,5-7H,2,4H2,(H,12,15)(H,14,16). The number of nitrogens with one attached hydrogen (secondary N) is 2. The van der Waals surface area contributed by atoms with Crippen LogP contribution in [-0.4, -0.2) is 22.4 Å². The molecule has 0 atom stereocenters. The largest absolute Gasteiger partial charge is 0.352 e. The van der Waals surface area contributed by atoms with Gasteiger partial charge in [0.2, 0.25) is 5.56 Å². The highest BCUT2D eigenvalue weighted by Crippen LogP contribution is 2.03. The second kappa shape index (κ2) is 5.40. The minimum Gasteiger partial charge on any atom is -0.352 e. The Balaban J connectivity index is 1.87. The second-order valence-corrected chi connectivity index (χ2v) is 4.35. The summed E-state index contributed by atoms with van der Waals surface area (Å²) in [5.41, 5.74) is 0.0884. The molecule has 0 bridgehead atoms. The van der Waals surface area contributed by atoms with Gasteiger partial charge in [-0.1, -0.05) is 0 Å². The van der Waals surface area contributed by atoms with Gasteiger partial charge in [-0.15, -0.1) is 11.3 Å². The summed E-state index contributed by atoms with van der Waals surface area (Å²) in [4.78, 5) is 29.2. The van der Waals surface area contributed by atoms with Crippen molar-refractivity contribution in [2.75, 3.05) is 6.54 Å². The Kier molecular flexibility index (Phi) is 3.66. The van der Waals surface area contributed by atoms with Crippen LogP contribution in [0.25, 0.3) is 0 Å². The van der Waals surface area contributed by atoms with Crippen molar-refractivity contribution in [3.8, 4) is 0 Å². The Morgan fingerprint density at radius 2 is 2.41 bits per heavy atom. The maximum Gasteiger partial charge on any atom is 0.251 e. The molecule has 0 radical (unpaired) electrons. The fourth-order valence-electron chi connectivity index (χ4n) is 1.35. The van der Waals surface area contributed by atoms with E-state index in [0.717, 1.165) is 5.01 Å². The van der Waals surface area contributed by atoms with Crippen LogP contribution < -0.4 is 10.9 Å². The van der Waals surface area contributed by atoms with Crippen molar-refractivity contribution in [2.45, 2.75) is 6.42 Å². The van der Waals surface area contributed by atoms with E-state index >= 15 is 0 Å². The highest BCUT2D eigenvalue weighted by atomic mass is 32.1. The van der Waals surface area contributed by atoms with Gasteiger partial charge in [-0.3, -0.25) is 9.59 Å². The molecule has 2 aromatic rings. The Hall–Kier alpha value is -1.95. The molecule has 2 N–H and O–H groups in total. The van der Waals surface area contributed by atoms with E-state index in [2.05, 4.69) is 15.3 Å². The van der Waals surface area contributed by atoms with Crippen molar-refractivity contribution >= 4 is 17.2 Å². The van der Waals surface area contributed by atoms with Crippen LogP contribution in [0.5, 0.6) is 0 Å². The van der Waals surface area contributed by atoms with Crippen LogP contribution >= 0.6 is 11.3 Å². The molecule has 0 fully saturated rings. The highest BCUT2D eigenvalue weighted by Gasteiger charge is 2.05. The molecule has 0 saturated carbocycles. The molecular weight excluding hydrogens is 238 g/mol. The molecular formula is C11H11N3O2S. The zero-order valence-corrected chi connectivity index (χ0v) is 9.79. The van der Waals surface area contributed by atoms with Gasteiger partial charge >= 0.3 is 0 Å². The van der Waals surface area contributed by atoms with E-state index in [1.165, 1.54) is 12.3 Å². The minimum atomic E-state index is -0.280. The number of hydrogen-bond acceptors (Lipinski definition) is 4. The molecule has 0 aliphatic heterocycles. The lowest BCUT2D eigenvalue weighted by Crippen LogP contribution is -2.26. The first-order chi connectivity index (χ1) is 8.25. The summed E-state index contributed by atoms with van der Waals surface area (Å²) in [6.45, 7) is 0.513. The Bertz CT molecular complexity index is 548. The number of hydrogen-bond donors (Lipinski definition) is 2. The average Bonchev–Trinajstić information content (AvgIpc) is 2.82. The van der Waals surface area contributed by atoms with Gasteiger partial charge in [0.15, 0.2) is 0 Å².